The van der Waals surface area contributed by atoms with E-state index in [0.29, 0.717) is 17.4 Å². The lowest BCUT2D eigenvalue weighted by molar-refractivity contribution is -0.141. The highest BCUT2D eigenvalue weighted by Crippen LogP contribution is 2.08. The number of aliphatic carboxylic acids is 1. The molecule has 1 unspecified atom stereocenters. The van der Waals surface area contributed by atoms with Gasteiger partial charge < -0.3 is 10.4 Å². The fraction of sp³-hybridized carbons (Fsp3) is 0.818. The zero-order chi connectivity index (χ0) is 12.6. The molecule has 0 aliphatic heterocycles. The monoisotopic (exact) mass is 247 g/mol. The first kappa shape index (κ1) is 15.3. The summed E-state index contributed by atoms with van der Waals surface area (Å²) in [4.78, 5) is 22.3. The third kappa shape index (κ3) is 7.56. The molecule has 0 fully saturated rings. The Kier molecular flexibility index (Phi) is 8.07. The maximum absolute atomic E-state index is 11.4. The Morgan fingerprint density at radius 1 is 1.38 bits per heavy atom. The van der Waals surface area contributed by atoms with Crippen molar-refractivity contribution >= 4 is 23.6 Å². The van der Waals surface area contributed by atoms with Crippen LogP contribution in [0, 0.1) is 0 Å². The minimum Gasteiger partial charge on any atom is -0.480 e. The molecule has 0 aliphatic rings. The number of nitrogens with one attached hydrogen (secondary N) is 1. The summed E-state index contributed by atoms with van der Waals surface area (Å²) in [5.41, 5.74) is 0. The number of carbonyl (C=O) groups is 2. The quantitative estimate of drug-likeness (QED) is 0.687. The van der Waals surface area contributed by atoms with Gasteiger partial charge in [0, 0.05) is 0 Å². The van der Waals surface area contributed by atoms with Crippen molar-refractivity contribution in [3.63, 3.8) is 0 Å². The lowest BCUT2D eigenvalue weighted by atomic mass is 10.1. The fourth-order valence-corrected chi connectivity index (χ4v) is 1.71. The maximum atomic E-state index is 11.4. The first-order valence-electron chi connectivity index (χ1n) is 5.61. The van der Waals surface area contributed by atoms with Crippen LogP contribution in [0.15, 0.2) is 0 Å². The average Bonchev–Trinajstić information content (AvgIpc) is 2.20. The molecule has 0 saturated carbocycles. The van der Waals surface area contributed by atoms with E-state index < -0.39 is 12.0 Å². The summed E-state index contributed by atoms with van der Waals surface area (Å²) >= 11 is 1.51. The van der Waals surface area contributed by atoms with Crippen LogP contribution < -0.4 is 5.32 Å². The third-order valence-electron chi connectivity index (χ3n) is 2.03. The van der Waals surface area contributed by atoms with Gasteiger partial charge in [0.15, 0.2) is 0 Å². The van der Waals surface area contributed by atoms with Gasteiger partial charge in [-0.25, -0.2) is 4.79 Å². The van der Waals surface area contributed by atoms with Crippen molar-refractivity contribution in [1.82, 2.24) is 5.32 Å². The van der Waals surface area contributed by atoms with Crippen molar-refractivity contribution in [2.45, 2.75) is 51.3 Å². The molecular formula is C11H21NO3S. The van der Waals surface area contributed by atoms with Crippen LogP contribution in [-0.4, -0.2) is 34.0 Å². The molecule has 0 aromatic heterocycles. The van der Waals surface area contributed by atoms with Gasteiger partial charge in [0.25, 0.3) is 0 Å². The van der Waals surface area contributed by atoms with E-state index in [2.05, 4.69) is 5.32 Å². The van der Waals surface area contributed by atoms with Crippen LogP contribution in [0.5, 0.6) is 0 Å². The van der Waals surface area contributed by atoms with Crippen molar-refractivity contribution in [2.75, 3.05) is 5.75 Å². The van der Waals surface area contributed by atoms with Crippen molar-refractivity contribution < 1.29 is 14.7 Å². The molecule has 4 nitrogen and oxygen atoms in total. The van der Waals surface area contributed by atoms with Crippen molar-refractivity contribution in [3.05, 3.63) is 0 Å². The van der Waals surface area contributed by atoms with Gasteiger partial charge in [-0.2, -0.15) is 0 Å². The molecule has 2 N–H and O–H groups in total. The SMILES string of the molecule is CCCCC(NC(=O)CSC(C)C)C(=O)O. The van der Waals surface area contributed by atoms with Gasteiger partial charge in [0.2, 0.25) is 5.91 Å². The Hall–Kier alpha value is -0.710. The second-order valence-corrected chi connectivity index (χ2v) is 5.53. The van der Waals surface area contributed by atoms with Gasteiger partial charge in [0.1, 0.15) is 6.04 Å². The molecule has 1 atom stereocenters. The topological polar surface area (TPSA) is 66.4 Å². The molecule has 1 amide bonds. The van der Waals surface area contributed by atoms with Crippen LogP contribution in [0.1, 0.15) is 40.0 Å². The van der Waals surface area contributed by atoms with Crippen LogP contribution in [-0.2, 0) is 9.59 Å². The zero-order valence-electron chi connectivity index (χ0n) is 10.2. The van der Waals surface area contributed by atoms with E-state index in [4.69, 9.17) is 5.11 Å². The van der Waals surface area contributed by atoms with Crippen LogP contribution in [0.4, 0.5) is 0 Å². The number of carboxylic acids is 1. The average molecular weight is 247 g/mol. The Labute approximate surface area is 101 Å². The van der Waals surface area contributed by atoms with E-state index in [1.54, 1.807) is 0 Å². The molecule has 94 valence electrons. The fourth-order valence-electron chi connectivity index (χ4n) is 1.14. The number of amides is 1. The summed E-state index contributed by atoms with van der Waals surface area (Å²) in [5, 5.41) is 11.8. The summed E-state index contributed by atoms with van der Waals surface area (Å²) in [5.74, 6) is -0.813. The lowest BCUT2D eigenvalue weighted by Gasteiger charge is -2.14. The number of unbranched alkanes of at least 4 members (excludes halogenated alkanes) is 1. The molecule has 5 heteroatoms. The van der Waals surface area contributed by atoms with Crippen LogP contribution in [0.2, 0.25) is 0 Å². The molecule has 0 spiro atoms. The van der Waals surface area contributed by atoms with Crippen LogP contribution in [0.25, 0.3) is 0 Å². The van der Waals surface area contributed by atoms with Gasteiger partial charge in [0.05, 0.1) is 5.75 Å². The molecule has 0 aromatic carbocycles. The minimum absolute atomic E-state index is 0.192. The summed E-state index contributed by atoms with van der Waals surface area (Å²) in [6.07, 6.45) is 2.25. The van der Waals surface area contributed by atoms with Crippen molar-refractivity contribution in [1.29, 1.82) is 0 Å². The highest BCUT2D eigenvalue weighted by Gasteiger charge is 2.18. The van der Waals surface area contributed by atoms with Gasteiger partial charge in [-0.15, -0.1) is 11.8 Å². The molecule has 0 rings (SSSR count). The Morgan fingerprint density at radius 2 is 2.00 bits per heavy atom. The predicted octanol–water partition coefficient (Wildman–Crippen LogP) is 1.89. The van der Waals surface area contributed by atoms with Gasteiger partial charge in [-0.1, -0.05) is 33.6 Å². The first-order chi connectivity index (χ1) is 7.47. The second kappa shape index (κ2) is 8.44. The van der Waals surface area contributed by atoms with Gasteiger partial charge in [-0.05, 0) is 11.7 Å². The maximum Gasteiger partial charge on any atom is 0.326 e. The number of hydrogen-bond donors (Lipinski definition) is 2. The first-order valence-corrected chi connectivity index (χ1v) is 6.66. The standard InChI is InChI=1S/C11H21NO3S/c1-4-5-6-9(11(14)15)12-10(13)7-16-8(2)3/h8-9H,4-7H2,1-3H3,(H,12,13)(H,14,15). The third-order valence-corrected chi connectivity index (χ3v) is 3.12. The minimum atomic E-state index is -0.948. The number of carboxylic acid groups (broad SMARTS) is 1. The van der Waals surface area contributed by atoms with E-state index in [1.807, 2.05) is 20.8 Å². The summed E-state index contributed by atoms with van der Waals surface area (Å²) in [6.45, 7) is 6.00. The van der Waals surface area contributed by atoms with Crippen molar-refractivity contribution in [3.8, 4) is 0 Å². The molecule has 0 radical (unpaired) electrons. The molecule has 0 aliphatic carbocycles. The molecule has 0 bridgehead atoms. The van der Waals surface area contributed by atoms with E-state index in [9.17, 15) is 9.59 Å². The second-order valence-electron chi connectivity index (χ2n) is 3.96. The van der Waals surface area contributed by atoms with E-state index in [1.165, 1.54) is 11.8 Å². The number of hydrogen-bond acceptors (Lipinski definition) is 3. The number of thioether (sulfide) groups is 1. The van der Waals surface area contributed by atoms with Crippen molar-refractivity contribution in [2.24, 2.45) is 0 Å². The molecule has 16 heavy (non-hydrogen) atoms. The Balaban J connectivity index is 3.98. The highest BCUT2D eigenvalue weighted by molar-refractivity contribution is 8.00. The van der Waals surface area contributed by atoms with E-state index in [0.717, 1.165) is 12.8 Å². The zero-order valence-corrected chi connectivity index (χ0v) is 11.0. The molecular weight excluding hydrogens is 226 g/mol. The lowest BCUT2D eigenvalue weighted by Crippen LogP contribution is -2.41. The van der Waals surface area contributed by atoms with E-state index >= 15 is 0 Å². The number of rotatable bonds is 8. The highest BCUT2D eigenvalue weighted by atomic mass is 32.2. The van der Waals surface area contributed by atoms with Gasteiger partial charge in [-0.3, -0.25) is 4.79 Å². The van der Waals surface area contributed by atoms with Gasteiger partial charge >= 0.3 is 5.97 Å². The molecule has 0 saturated heterocycles. The van der Waals surface area contributed by atoms with E-state index in [-0.39, 0.29) is 5.91 Å². The smallest absolute Gasteiger partial charge is 0.326 e. The number of carbonyl (C=O) groups excluding carboxylic acids is 1. The van der Waals surface area contributed by atoms with Crippen LogP contribution in [0.3, 0.4) is 0 Å². The Morgan fingerprint density at radius 3 is 2.44 bits per heavy atom. The molecule has 0 aromatic rings. The van der Waals surface area contributed by atoms with Crippen LogP contribution >= 0.6 is 11.8 Å². The summed E-state index contributed by atoms with van der Waals surface area (Å²) in [6, 6.07) is -0.736. The summed E-state index contributed by atoms with van der Waals surface area (Å²) in [7, 11) is 0. The predicted molar refractivity (Wildman–Crippen MR) is 66.7 cm³/mol. The Bertz CT molecular complexity index is 231. The normalized spacial score (nSPS) is 12.5. The summed E-state index contributed by atoms with van der Waals surface area (Å²) < 4.78 is 0. The largest absolute Gasteiger partial charge is 0.480 e. The molecule has 0 heterocycles.